The van der Waals surface area contributed by atoms with E-state index in [9.17, 15) is 0 Å². The summed E-state index contributed by atoms with van der Waals surface area (Å²) in [4.78, 5) is 2.57. The maximum Gasteiger partial charge on any atom is 0.0548 e. The highest BCUT2D eigenvalue weighted by Crippen LogP contribution is 2.37. The van der Waals surface area contributed by atoms with Crippen molar-refractivity contribution in [2.45, 2.75) is 24.8 Å². The van der Waals surface area contributed by atoms with Crippen molar-refractivity contribution in [2.75, 3.05) is 31.1 Å². The van der Waals surface area contributed by atoms with E-state index < -0.39 is 0 Å². The van der Waals surface area contributed by atoms with Crippen LogP contribution >= 0.6 is 0 Å². The molecule has 92 valence electrons. The van der Waals surface area contributed by atoms with Gasteiger partial charge in [0.1, 0.15) is 0 Å². The third kappa shape index (κ3) is 1.74. The first-order valence-corrected chi connectivity index (χ1v) is 6.62. The summed E-state index contributed by atoms with van der Waals surface area (Å²) in [5.74, 6) is 0. The normalized spacial score (nSPS) is 22.5. The molecule has 3 nitrogen and oxygen atoms in total. The Morgan fingerprint density at radius 2 is 2.00 bits per heavy atom. The summed E-state index contributed by atoms with van der Waals surface area (Å²) in [6.07, 6.45) is 3.50. The number of nitrogens with one attached hydrogen (secondary N) is 1. The molecular formula is C14H21N3. The molecule has 2 aliphatic heterocycles. The third-order valence-electron chi connectivity index (χ3n) is 4.37. The van der Waals surface area contributed by atoms with E-state index in [0.717, 1.165) is 39.0 Å². The van der Waals surface area contributed by atoms with Crippen LogP contribution in [-0.2, 0) is 6.42 Å². The van der Waals surface area contributed by atoms with Crippen molar-refractivity contribution in [3.05, 3.63) is 29.8 Å². The van der Waals surface area contributed by atoms with Gasteiger partial charge >= 0.3 is 0 Å². The molecule has 0 saturated carbocycles. The first kappa shape index (κ1) is 11.1. The van der Waals surface area contributed by atoms with Gasteiger partial charge in [0, 0.05) is 18.8 Å². The highest BCUT2D eigenvalue weighted by molar-refractivity contribution is 5.60. The van der Waals surface area contributed by atoms with Crippen molar-refractivity contribution >= 4 is 5.69 Å². The van der Waals surface area contributed by atoms with Crippen LogP contribution in [0.5, 0.6) is 0 Å². The number of para-hydroxylation sites is 1. The zero-order valence-corrected chi connectivity index (χ0v) is 10.3. The van der Waals surface area contributed by atoms with Crippen LogP contribution in [0.1, 0.15) is 18.4 Å². The van der Waals surface area contributed by atoms with Gasteiger partial charge in [0.15, 0.2) is 0 Å². The molecule has 17 heavy (non-hydrogen) atoms. The number of rotatable bonds is 2. The number of nitrogens with zero attached hydrogens (tertiary/aromatic N) is 1. The van der Waals surface area contributed by atoms with E-state index in [1.54, 1.807) is 0 Å². The van der Waals surface area contributed by atoms with E-state index in [2.05, 4.69) is 34.5 Å². The molecule has 0 aromatic heterocycles. The standard InChI is InChI=1S/C14H21N3/c15-11-14(6-8-16-9-7-14)17-10-5-12-3-1-2-4-13(12)17/h1-4,16H,5-11,15H2. The maximum absolute atomic E-state index is 6.11. The Morgan fingerprint density at radius 1 is 1.24 bits per heavy atom. The van der Waals surface area contributed by atoms with Crippen molar-refractivity contribution in [3.8, 4) is 0 Å². The van der Waals surface area contributed by atoms with Gasteiger partial charge in [-0.1, -0.05) is 18.2 Å². The molecule has 2 aliphatic rings. The Bertz CT molecular complexity index is 396. The SMILES string of the molecule is NCC1(N2CCc3ccccc32)CCNCC1. The molecule has 0 aliphatic carbocycles. The van der Waals surface area contributed by atoms with Crippen LogP contribution in [0, 0.1) is 0 Å². The summed E-state index contributed by atoms with van der Waals surface area (Å²) >= 11 is 0. The molecule has 0 atom stereocenters. The summed E-state index contributed by atoms with van der Waals surface area (Å²) in [5, 5.41) is 3.44. The Labute approximate surface area is 103 Å². The molecule has 0 spiro atoms. The van der Waals surface area contributed by atoms with Crippen molar-refractivity contribution < 1.29 is 0 Å². The molecule has 3 heteroatoms. The fraction of sp³-hybridized carbons (Fsp3) is 0.571. The van der Waals surface area contributed by atoms with Gasteiger partial charge in [0.05, 0.1) is 5.54 Å². The third-order valence-corrected chi connectivity index (χ3v) is 4.37. The van der Waals surface area contributed by atoms with Gasteiger partial charge in [-0.05, 0) is 44.0 Å². The average Bonchev–Trinajstić information content (AvgIpc) is 2.84. The molecule has 0 bridgehead atoms. The van der Waals surface area contributed by atoms with Crippen molar-refractivity contribution in [1.82, 2.24) is 5.32 Å². The molecular weight excluding hydrogens is 210 g/mol. The number of hydrogen-bond donors (Lipinski definition) is 2. The lowest BCUT2D eigenvalue weighted by atomic mass is 9.86. The van der Waals surface area contributed by atoms with Crippen LogP contribution in [-0.4, -0.2) is 31.7 Å². The second-order valence-electron chi connectivity index (χ2n) is 5.21. The molecule has 1 aromatic rings. The summed E-state index contributed by atoms with van der Waals surface area (Å²) in [7, 11) is 0. The summed E-state index contributed by atoms with van der Waals surface area (Å²) in [6.45, 7) is 4.09. The van der Waals surface area contributed by atoms with E-state index in [-0.39, 0.29) is 5.54 Å². The van der Waals surface area contributed by atoms with Gasteiger partial charge in [0.2, 0.25) is 0 Å². The van der Waals surface area contributed by atoms with Crippen LogP contribution in [0.15, 0.2) is 24.3 Å². The Kier molecular flexibility index (Phi) is 2.81. The Balaban J connectivity index is 1.94. The predicted octanol–water partition coefficient (Wildman–Crippen LogP) is 1.13. The maximum atomic E-state index is 6.11. The smallest absolute Gasteiger partial charge is 0.0548 e. The number of piperidine rings is 1. The topological polar surface area (TPSA) is 41.3 Å². The fourth-order valence-electron chi connectivity index (χ4n) is 3.31. The van der Waals surface area contributed by atoms with Crippen LogP contribution in [0.3, 0.4) is 0 Å². The molecule has 1 aromatic carbocycles. The molecule has 3 N–H and O–H groups in total. The minimum Gasteiger partial charge on any atom is -0.364 e. The van der Waals surface area contributed by atoms with Gasteiger partial charge in [-0.2, -0.15) is 0 Å². The highest BCUT2D eigenvalue weighted by atomic mass is 15.2. The second-order valence-corrected chi connectivity index (χ2v) is 5.21. The number of benzene rings is 1. The highest BCUT2D eigenvalue weighted by Gasteiger charge is 2.39. The number of hydrogen-bond acceptors (Lipinski definition) is 3. The Morgan fingerprint density at radius 3 is 2.76 bits per heavy atom. The van der Waals surface area contributed by atoms with Crippen LogP contribution in [0.4, 0.5) is 5.69 Å². The zero-order chi connectivity index (χ0) is 11.7. The summed E-state index contributed by atoms with van der Waals surface area (Å²) in [5.41, 5.74) is 9.20. The van der Waals surface area contributed by atoms with Gasteiger partial charge < -0.3 is 16.0 Å². The first-order chi connectivity index (χ1) is 8.36. The van der Waals surface area contributed by atoms with Crippen LogP contribution < -0.4 is 16.0 Å². The van der Waals surface area contributed by atoms with Crippen LogP contribution in [0.25, 0.3) is 0 Å². The number of anilines is 1. The largest absolute Gasteiger partial charge is 0.364 e. The zero-order valence-electron chi connectivity index (χ0n) is 10.3. The van der Waals surface area contributed by atoms with Crippen molar-refractivity contribution in [3.63, 3.8) is 0 Å². The van der Waals surface area contributed by atoms with Crippen molar-refractivity contribution in [1.29, 1.82) is 0 Å². The van der Waals surface area contributed by atoms with E-state index in [0.29, 0.717) is 0 Å². The molecule has 0 radical (unpaired) electrons. The van der Waals surface area contributed by atoms with E-state index in [1.165, 1.54) is 17.7 Å². The monoisotopic (exact) mass is 231 g/mol. The van der Waals surface area contributed by atoms with Gasteiger partial charge in [-0.25, -0.2) is 0 Å². The quantitative estimate of drug-likeness (QED) is 0.801. The van der Waals surface area contributed by atoms with E-state index in [1.807, 2.05) is 0 Å². The minimum absolute atomic E-state index is 0.192. The first-order valence-electron chi connectivity index (χ1n) is 6.62. The number of nitrogens with two attached hydrogens (primary N) is 1. The fourth-order valence-corrected chi connectivity index (χ4v) is 3.31. The van der Waals surface area contributed by atoms with Crippen LogP contribution in [0.2, 0.25) is 0 Å². The molecule has 0 unspecified atom stereocenters. The second kappa shape index (κ2) is 4.31. The average molecular weight is 231 g/mol. The molecule has 1 saturated heterocycles. The lowest BCUT2D eigenvalue weighted by Gasteiger charge is -2.45. The van der Waals surface area contributed by atoms with E-state index in [4.69, 9.17) is 5.73 Å². The van der Waals surface area contributed by atoms with E-state index >= 15 is 0 Å². The summed E-state index contributed by atoms with van der Waals surface area (Å²) in [6, 6.07) is 8.78. The lowest BCUT2D eigenvalue weighted by molar-refractivity contribution is 0.298. The Hall–Kier alpha value is -1.06. The predicted molar refractivity (Wildman–Crippen MR) is 71.4 cm³/mol. The van der Waals surface area contributed by atoms with Crippen molar-refractivity contribution in [2.24, 2.45) is 5.73 Å². The minimum atomic E-state index is 0.192. The van der Waals surface area contributed by atoms with Gasteiger partial charge in [-0.15, -0.1) is 0 Å². The van der Waals surface area contributed by atoms with Gasteiger partial charge in [0.25, 0.3) is 0 Å². The van der Waals surface area contributed by atoms with Gasteiger partial charge in [-0.3, -0.25) is 0 Å². The summed E-state index contributed by atoms with van der Waals surface area (Å²) < 4.78 is 0. The number of fused-ring (bicyclic) bond motifs is 1. The molecule has 1 fully saturated rings. The molecule has 3 rings (SSSR count). The lowest BCUT2D eigenvalue weighted by Crippen LogP contribution is -2.58. The molecule has 2 heterocycles. The molecule has 0 amide bonds.